The van der Waals surface area contributed by atoms with Gasteiger partial charge in [0.2, 0.25) is 0 Å². The molecule has 132 valence electrons. The van der Waals surface area contributed by atoms with E-state index in [0.717, 1.165) is 48.1 Å². The van der Waals surface area contributed by atoms with Crippen molar-refractivity contribution in [1.82, 2.24) is 0 Å². The second kappa shape index (κ2) is 11.2. The molecule has 0 bridgehead atoms. The second-order valence-electron chi connectivity index (χ2n) is 6.11. The van der Waals surface area contributed by atoms with E-state index in [1.54, 1.807) is 0 Å². The van der Waals surface area contributed by atoms with Crippen LogP contribution in [0.15, 0.2) is 36.4 Å². The predicted molar refractivity (Wildman–Crippen MR) is 104 cm³/mol. The molecule has 0 radical (unpaired) electrons. The first-order valence-electron chi connectivity index (χ1n) is 9.20. The zero-order valence-corrected chi connectivity index (χ0v) is 15.5. The van der Waals surface area contributed by atoms with Gasteiger partial charge in [0.15, 0.2) is 0 Å². The molecule has 0 unspecified atom stereocenters. The zero-order chi connectivity index (χ0) is 17.0. The Hall–Kier alpha value is -1.41. The van der Waals surface area contributed by atoms with E-state index in [2.05, 4.69) is 19.1 Å². The summed E-state index contributed by atoms with van der Waals surface area (Å²) in [5.74, 6) is 2.57. The summed E-state index contributed by atoms with van der Waals surface area (Å²) in [5.41, 5.74) is 0. The predicted octanol–water partition coefficient (Wildman–Crippen LogP) is 6.59. The quantitative estimate of drug-likeness (QED) is 0.318. The molecule has 3 heteroatoms. The first-order chi connectivity index (χ1) is 11.9. The summed E-state index contributed by atoms with van der Waals surface area (Å²) in [6.45, 7) is 3.72. The Morgan fingerprint density at radius 3 is 1.79 bits per heavy atom. The maximum Gasteiger partial charge on any atom is 0.127 e. The van der Waals surface area contributed by atoms with Crippen molar-refractivity contribution in [2.75, 3.05) is 19.1 Å². The summed E-state index contributed by atoms with van der Waals surface area (Å²) >= 11 is 5.72. The van der Waals surface area contributed by atoms with Crippen molar-refractivity contribution in [2.24, 2.45) is 0 Å². The van der Waals surface area contributed by atoms with Gasteiger partial charge in [0, 0.05) is 16.7 Å². The van der Waals surface area contributed by atoms with Gasteiger partial charge in [0.05, 0.1) is 13.2 Å². The van der Waals surface area contributed by atoms with Crippen LogP contribution in [-0.2, 0) is 0 Å². The molecule has 0 aliphatic rings. The summed E-state index contributed by atoms with van der Waals surface area (Å²) in [4.78, 5) is 0. The third kappa shape index (κ3) is 5.90. The fourth-order valence-corrected chi connectivity index (χ4v) is 2.95. The highest BCUT2D eigenvalue weighted by atomic mass is 35.5. The van der Waals surface area contributed by atoms with Gasteiger partial charge in [0.1, 0.15) is 11.5 Å². The molecular weight excluding hydrogens is 320 g/mol. The number of alkyl halides is 1. The molecule has 0 fully saturated rings. The number of hydrogen-bond donors (Lipinski definition) is 0. The maximum absolute atomic E-state index is 6.02. The molecule has 0 aliphatic carbocycles. The summed E-state index contributed by atoms with van der Waals surface area (Å²) in [7, 11) is 0. The van der Waals surface area contributed by atoms with Crippen LogP contribution >= 0.6 is 11.6 Å². The minimum absolute atomic E-state index is 0.690. The van der Waals surface area contributed by atoms with Gasteiger partial charge in [-0.25, -0.2) is 0 Å². The molecule has 0 saturated carbocycles. The van der Waals surface area contributed by atoms with Crippen LogP contribution < -0.4 is 9.47 Å². The highest BCUT2D eigenvalue weighted by molar-refractivity contribution is 6.17. The van der Waals surface area contributed by atoms with E-state index in [1.807, 2.05) is 24.3 Å². The van der Waals surface area contributed by atoms with Gasteiger partial charge in [0.25, 0.3) is 0 Å². The molecule has 0 saturated heterocycles. The Morgan fingerprint density at radius 2 is 1.25 bits per heavy atom. The van der Waals surface area contributed by atoms with Gasteiger partial charge in [-0.3, -0.25) is 0 Å². The van der Waals surface area contributed by atoms with E-state index in [9.17, 15) is 0 Å². The smallest absolute Gasteiger partial charge is 0.127 e. The zero-order valence-electron chi connectivity index (χ0n) is 14.7. The van der Waals surface area contributed by atoms with Crippen LogP contribution in [-0.4, -0.2) is 19.1 Å². The SMILES string of the molecule is CCCCCCCOc1ccc(OCCCCCl)c2ccccc12. The molecule has 0 atom stereocenters. The molecule has 2 aromatic carbocycles. The lowest BCUT2D eigenvalue weighted by atomic mass is 10.1. The average Bonchev–Trinajstić information content (AvgIpc) is 2.62. The maximum atomic E-state index is 6.02. The van der Waals surface area contributed by atoms with Crippen molar-refractivity contribution in [1.29, 1.82) is 0 Å². The highest BCUT2D eigenvalue weighted by Gasteiger charge is 2.07. The van der Waals surface area contributed by atoms with Crippen LogP contribution in [0, 0.1) is 0 Å². The van der Waals surface area contributed by atoms with Gasteiger partial charge >= 0.3 is 0 Å². The van der Waals surface area contributed by atoms with Crippen LogP contribution in [0.4, 0.5) is 0 Å². The molecule has 2 rings (SSSR count). The van der Waals surface area contributed by atoms with Gasteiger partial charge < -0.3 is 9.47 Å². The number of hydrogen-bond acceptors (Lipinski definition) is 2. The van der Waals surface area contributed by atoms with Gasteiger partial charge in [-0.1, -0.05) is 56.9 Å². The van der Waals surface area contributed by atoms with E-state index >= 15 is 0 Å². The molecular formula is C21H29ClO2. The Bertz CT molecular complexity index is 597. The standard InChI is InChI=1S/C21H29ClO2/c1-2-3-4-5-9-16-23-20-13-14-21(24-17-10-8-15-22)19-12-7-6-11-18(19)20/h6-7,11-14H,2-5,8-10,15-17H2,1H3. The summed E-state index contributed by atoms with van der Waals surface area (Å²) in [6, 6.07) is 12.4. The molecule has 0 spiro atoms. The summed E-state index contributed by atoms with van der Waals surface area (Å²) in [6.07, 6.45) is 8.22. The van der Waals surface area contributed by atoms with E-state index in [0.29, 0.717) is 12.5 Å². The lowest BCUT2D eigenvalue weighted by Crippen LogP contribution is -2.00. The number of benzene rings is 2. The van der Waals surface area contributed by atoms with Gasteiger partial charge in [-0.05, 0) is 31.4 Å². The summed E-state index contributed by atoms with van der Waals surface area (Å²) < 4.78 is 12.0. The molecule has 0 heterocycles. The lowest BCUT2D eigenvalue weighted by molar-refractivity contribution is 0.303. The van der Waals surface area contributed by atoms with Crippen LogP contribution in [0.2, 0.25) is 0 Å². The minimum atomic E-state index is 0.690. The highest BCUT2D eigenvalue weighted by Crippen LogP contribution is 2.33. The topological polar surface area (TPSA) is 18.5 Å². The van der Waals surface area contributed by atoms with E-state index in [-0.39, 0.29) is 0 Å². The van der Waals surface area contributed by atoms with Crippen molar-refractivity contribution in [3.05, 3.63) is 36.4 Å². The molecule has 2 nitrogen and oxygen atoms in total. The minimum Gasteiger partial charge on any atom is -0.493 e. The molecule has 0 amide bonds. The third-order valence-corrected chi connectivity index (χ3v) is 4.40. The van der Waals surface area contributed by atoms with Crippen molar-refractivity contribution in [3.63, 3.8) is 0 Å². The van der Waals surface area contributed by atoms with E-state index in [1.165, 1.54) is 25.7 Å². The van der Waals surface area contributed by atoms with Crippen LogP contribution in [0.1, 0.15) is 51.9 Å². The Labute approximate surface area is 151 Å². The van der Waals surface area contributed by atoms with Crippen LogP contribution in [0.3, 0.4) is 0 Å². The van der Waals surface area contributed by atoms with Crippen molar-refractivity contribution in [2.45, 2.75) is 51.9 Å². The molecule has 2 aromatic rings. The van der Waals surface area contributed by atoms with E-state index < -0.39 is 0 Å². The van der Waals surface area contributed by atoms with Crippen LogP contribution in [0.25, 0.3) is 10.8 Å². The van der Waals surface area contributed by atoms with Gasteiger partial charge in [-0.2, -0.15) is 0 Å². The Morgan fingerprint density at radius 1 is 0.708 bits per heavy atom. The first-order valence-corrected chi connectivity index (χ1v) is 9.73. The van der Waals surface area contributed by atoms with Gasteiger partial charge in [-0.15, -0.1) is 11.6 Å². The monoisotopic (exact) mass is 348 g/mol. The number of halogens is 1. The number of ether oxygens (including phenoxy) is 2. The van der Waals surface area contributed by atoms with Crippen LogP contribution in [0.5, 0.6) is 11.5 Å². The molecule has 0 N–H and O–H groups in total. The first kappa shape index (κ1) is 18.9. The lowest BCUT2D eigenvalue weighted by Gasteiger charge is -2.13. The normalized spacial score (nSPS) is 10.9. The fourth-order valence-electron chi connectivity index (χ4n) is 2.76. The molecule has 0 aromatic heterocycles. The van der Waals surface area contributed by atoms with Crippen molar-refractivity contribution >= 4 is 22.4 Å². The molecule has 24 heavy (non-hydrogen) atoms. The Kier molecular flexibility index (Phi) is 8.83. The third-order valence-electron chi connectivity index (χ3n) is 4.14. The average molecular weight is 349 g/mol. The molecule has 0 aliphatic heterocycles. The van der Waals surface area contributed by atoms with Crippen molar-refractivity contribution in [3.8, 4) is 11.5 Å². The largest absolute Gasteiger partial charge is 0.493 e. The number of fused-ring (bicyclic) bond motifs is 1. The Balaban J connectivity index is 1.96. The summed E-state index contributed by atoms with van der Waals surface area (Å²) in [5, 5.41) is 2.24. The van der Waals surface area contributed by atoms with E-state index in [4.69, 9.17) is 21.1 Å². The second-order valence-corrected chi connectivity index (χ2v) is 6.49. The number of rotatable bonds is 12. The number of unbranched alkanes of at least 4 members (excludes halogenated alkanes) is 5. The fraction of sp³-hybridized carbons (Fsp3) is 0.524. The van der Waals surface area contributed by atoms with Crippen molar-refractivity contribution < 1.29 is 9.47 Å².